The van der Waals surface area contributed by atoms with E-state index in [2.05, 4.69) is 31.1 Å². The number of ether oxygens (including phenoxy) is 2. The highest BCUT2D eigenvalue weighted by Crippen LogP contribution is 2.41. The molecule has 4 rings (SSSR count). The number of nitrogens with two attached hydrogens (primary N) is 2. The summed E-state index contributed by atoms with van der Waals surface area (Å²) >= 11 is 1.36. The first-order valence-electron chi connectivity index (χ1n) is 9.78. The molecule has 0 radical (unpaired) electrons. The molecule has 1 aliphatic rings. The van der Waals surface area contributed by atoms with Crippen molar-refractivity contribution in [2.24, 2.45) is 5.14 Å². The van der Waals surface area contributed by atoms with Gasteiger partial charge in [-0.25, -0.2) is 24.8 Å². The predicted molar refractivity (Wildman–Crippen MR) is 120 cm³/mol. The molecule has 0 spiro atoms. The number of nitrogens with zero attached hydrogens (tertiary/aromatic N) is 5. The minimum atomic E-state index is -3.72. The van der Waals surface area contributed by atoms with Gasteiger partial charge >= 0.3 is 0 Å². The standard InChI is InChI=1S/C18H21N9O4S2/c19-2-1-11-7-12-13(31-10-30-12)8-14(11)32-18-26-15-16(20)23-9-24-17(15)27(18)6-5-22-3-4-25-33(21,28)29/h7-9,22,25H,1,3-6,10H2,(H2,20,23,24)(H2,21,28,29). The fraction of sp³-hybridized carbons (Fsp3) is 0.333. The van der Waals surface area contributed by atoms with Crippen LogP contribution in [-0.4, -0.2) is 54.4 Å². The van der Waals surface area contributed by atoms with Crippen molar-refractivity contribution in [3.63, 3.8) is 0 Å². The topological polar surface area (TPSA) is 196 Å². The number of nitrogen functional groups attached to an aromatic ring is 1. The highest BCUT2D eigenvalue weighted by atomic mass is 32.2. The lowest BCUT2D eigenvalue weighted by molar-refractivity contribution is 0.174. The Bertz CT molecular complexity index is 1320. The van der Waals surface area contributed by atoms with E-state index in [1.165, 1.54) is 18.1 Å². The third-order valence-corrected chi connectivity index (χ3v) is 6.37. The van der Waals surface area contributed by atoms with Crippen molar-refractivity contribution in [2.45, 2.75) is 23.0 Å². The maximum absolute atomic E-state index is 11.0. The Morgan fingerprint density at radius 1 is 1.21 bits per heavy atom. The van der Waals surface area contributed by atoms with Gasteiger partial charge in [-0.3, -0.25) is 0 Å². The number of hydrogen-bond donors (Lipinski definition) is 4. The van der Waals surface area contributed by atoms with E-state index < -0.39 is 10.2 Å². The zero-order chi connectivity index (χ0) is 23.4. The van der Waals surface area contributed by atoms with E-state index in [-0.39, 0.29) is 25.6 Å². The van der Waals surface area contributed by atoms with Gasteiger partial charge in [0.15, 0.2) is 33.6 Å². The van der Waals surface area contributed by atoms with Crippen molar-refractivity contribution in [1.29, 1.82) is 5.26 Å². The molecule has 0 fully saturated rings. The van der Waals surface area contributed by atoms with Gasteiger partial charge in [-0.15, -0.1) is 0 Å². The van der Waals surface area contributed by atoms with Crippen LogP contribution in [0.1, 0.15) is 5.56 Å². The number of nitrogens with one attached hydrogen (secondary N) is 2. The number of fused-ring (bicyclic) bond motifs is 2. The molecule has 3 heterocycles. The van der Waals surface area contributed by atoms with Gasteiger partial charge in [0.2, 0.25) is 6.79 Å². The van der Waals surface area contributed by atoms with E-state index in [0.717, 1.165) is 10.5 Å². The maximum atomic E-state index is 11.0. The molecule has 0 aliphatic carbocycles. The van der Waals surface area contributed by atoms with Crippen LogP contribution in [0.5, 0.6) is 11.5 Å². The third-order valence-electron chi connectivity index (χ3n) is 4.67. The summed E-state index contributed by atoms with van der Waals surface area (Å²) in [6, 6.07) is 5.80. The van der Waals surface area contributed by atoms with Crippen LogP contribution in [0.25, 0.3) is 11.2 Å². The normalized spacial score (nSPS) is 12.8. The molecular weight excluding hydrogens is 470 g/mol. The second kappa shape index (κ2) is 9.77. The third kappa shape index (κ3) is 5.43. The van der Waals surface area contributed by atoms with E-state index in [9.17, 15) is 13.7 Å². The molecule has 0 atom stereocenters. The van der Waals surface area contributed by atoms with Crippen LogP contribution >= 0.6 is 11.8 Å². The first-order valence-corrected chi connectivity index (χ1v) is 12.1. The zero-order valence-corrected chi connectivity index (χ0v) is 18.9. The number of imidazole rings is 1. The fourth-order valence-electron chi connectivity index (χ4n) is 3.19. The second-order valence-corrected chi connectivity index (χ2v) is 9.30. The molecule has 2 aromatic heterocycles. The summed E-state index contributed by atoms with van der Waals surface area (Å²) in [7, 11) is -3.72. The van der Waals surface area contributed by atoms with Gasteiger partial charge in [-0.05, 0) is 17.7 Å². The van der Waals surface area contributed by atoms with Gasteiger partial charge in [-0.2, -0.15) is 13.7 Å². The van der Waals surface area contributed by atoms with E-state index in [1.807, 2.05) is 10.6 Å². The molecule has 1 aliphatic heterocycles. The predicted octanol–water partition coefficient (Wildman–Crippen LogP) is -0.263. The van der Waals surface area contributed by atoms with Crippen molar-refractivity contribution >= 4 is 39.0 Å². The van der Waals surface area contributed by atoms with Gasteiger partial charge in [0.25, 0.3) is 10.2 Å². The number of benzene rings is 1. The molecular formula is C18H21N9O4S2. The molecule has 33 heavy (non-hydrogen) atoms. The summed E-state index contributed by atoms with van der Waals surface area (Å²) in [6.45, 7) is 1.66. The summed E-state index contributed by atoms with van der Waals surface area (Å²) < 4.78 is 36.9. The number of hydrogen-bond acceptors (Lipinski definition) is 11. The van der Waals surface area contributed by atoms with Crippen LogP contribution < -0.4 is 30.4 Å². The summed E-state index contributed by atoms with van der Waals surface area (Å²) in [6.07, 6.45) is 1.56. The fourth-order valence-corrected chi connectivity index (χ4v) is 4.63. The van der Waals surface area contributed by atoms with E-state index in [1.54, 1.807) is 6.07 Å². The molecule has 0 bridgehead atoms. The van der Waals surface area contributed by atoms with Gasteiger partial charge in [-0.1, -0.05) is 11.8 Å². The molecule has 0 unspecified atom stereocenters. The molecule has 13 nitrogen and oxygen atoms in total. The molecule has 6 N–H and O–H groups in total. The molecule has 0 saturated heterocycles. The first kappa shape index (κ1) is 23.0. The Labute approximate surface area is 193 Å². The Kier molecular flexibility index (Phi) is 6.81. The van der Waals surface area contributed by atoms with Gasteiger partial charge in [0, 0.05) is 31.1 Å². The molecule has 0 saturated carbocycles. The minimum Gasteiger partial charge on any atom is -0.454 e. The van der Waals surface area contributed by atoms with Gasteiger partial charge in [0.1, 0.15) is 6.33 Å². The first-order chi connectivity index (χ1) is 15.9. The average Bonchev–Trinajstić information content (AvgIpc) is 3.35. The zero-order valence-electron chi connectivity index (χ0n) is 17.3. The summed E-state index contributed by atoms with van der Waals surface area (Å²) in [5, 5.41) is 17.9. The van der Waals surface area contributed by atoms with Crippen LogP contribution in [0.4, 0.5) is 5.82 Å². The highest BCUT2D eigenvalue weighted by molar-refractivity contribution is 7.99. The number of rotatable bonds is 10. The number of aromatic nitrogens is 4. The highest BCUT2D eigenvalue weighted by Gasteiger charge is 2.21. The lowest BCUT2D eigenvalue weighted by Crippen LogP contribution is -2.36. The van der Waals surface area contributed by atoms with Crippen molar-refractivity contribution in [1.82, 2.24) is 29.6 Å². The maximum Gasteiger partial charge on any atom is 0.274 e. The lowest BCUT2D eigenvalue weighted by Gasteiger charge is -2.11. The summed E-state index contributed by atoms with van der Waals surface area (Å²) in [4.78, 5) is 13.8. The number of anilines is 1. The van der Waals surface area contributed by atoms with Crippen LogP contribution in [-0.2, 0) is 23.2 Å². The summed E-state index contributed by atoms with van der Waals surface area (Å²) in [5.41, 5.74) is 7.84. The minimum absolute atomic E-state index is 0.131. The average molecular weight is 492 g/mol. The van der Waals surface area contributed by atoms with Gasteiger partial charge < -0.3 is 25.1 Å². The van der Waals surface area contributed by atoms with E-state index >= 15 is 0 Å². The van der Waals surface area contributed by atoms with Crippen LogP contribution in [0, 0.1) is 11.3 Å². The van der Waals surface area contributed by atoms with E-state index in [0.29, 0.717) is 47.5 Å². The largest absolute Gasteiger partial charge is 0.454 e. The Hall–Kier alpha value is -3.16. The summed E-state index contributed by atoms with van der Waals surface area (Å²) in [5.74, 6) is 1.46. The van der Waals surface area contributed by atoms with Crippen LogP contribution in [0.15, 0.2) is 28.5 Å². The Balaban J connectivity index is 1.58. The second-order valence-electron chi connectivity index (χ2n) is 6.92. The molecule has 174 valence electrons. The molecule has 1 aromatic carbocycles. The number of nitriles is 1. The smallest absolute Gasteiger partial charge is 0.274 e. The molecule has 0 amide bonds. The van der Waals surface area contributed by atoms with Crippen molar-refractivity contribution in [2.75, 3.05) is 32.2 Å². The van der Waals surface area contributed by atoms with Crippen molar-refractivity contribution < 1.29 is 17.9 Å². The lowest BCUT2D eigenvalue weighted by atomic mass is 10.1. The quantitative estimate of drug-likeness (QED) is 0.273. The van der Waals surface area contributed by atoms with Gasteiger partial charge in [0.05, 0.1) is 12.5 Å². The van der Waals surface area contributed by atoms with Crippen molar-refractivity contribution in [3.05, 3.63) is 24.0 Å². The van der Waals surface area contributed by atoms with Crippen LogP contribution in [0.3, 0.4) is 0 Å². The SMILES string of the molecule is N#CCc1cc2c(cc1Sc1nc3c(N)ncnc3n1CCNCCNS(N)(=O)=O)OCO2. The Morgan fingerprint density at radius 2 is 2.00 bits per heavy atom. The molecule has 15 heteroatoms. The molecule has 3 aromatic rings. The van der Waals surface area contributed by atoms with Crippen molar-refractivity contribution in [3.8, 4) is 17.6 Å². The van der Waals surface area contributed by atoms with Crippen LogP contribution in [0.2, 0.25) is 0 Å². The monoisotopic (exact) mass is 491 g/mol. The Morgan fingerprint density at radius 3 is 2.76 bits per heavy atom. The van der Waals surface area contributed by atoms with E-state index in [4.69, 9.17) is 20.3 Å².